The van der Waals surface area contributed by atoms with Crippen LogP contribution in [-0.2, 0) is 10.9 Å². The average Bonchev–Trinajstić information content (AvgIpc) is 1.53. The molecule has 0 aliphatic carbocycles. The minimum Gasteiger partial charge on any atom is -0.304 e. The molecule has 0 radical (unpaired) electrons. The van der Waals surface area contributed by atoms with Gasteiger partial charge in [0.15, 0.2) is 5.25 Å². The molecule has 0 aromatic carbocycles. The van der Waals surface area contributed by atoms with Crippen molar-refractivity contribution in [2.24, 2.45) is 5.92 Å². The molecule has 2 nitrogen and oxygen atoms in total. The Hall–Kier alpha value is 0.920. The fourth-order valence-corrected chi connectivity index (χ4v) is 5.06. The molecule has 0 rings (SSSR count). The zero-order chi connectivity index (χ0) is 9.07. The summed E-state index contributed by atoms with van der Waals surface area (Å²) < 4.78 is 0. The van der Waals surface area contributed by atoms with Gasteiger partial charge in [-0.1, -0.05) is 13.8 Å². The van der Waals surface area contributed by atoms with Gasteiger partial charge in [-0.15, -0.1) is 0 Å². The van der Waals surface area contributed by atoms with Gasteiger partial charge >= 0.3 is 5.69 Å². The van der Waals surface area contributed by atoms with E-state index in [2.05, 4.69) is 26.1 Å². The topological polar surface area (TPSA) is 40.5 Å². The van der Waals surface area contributed by atoms with E-state index >= 15 is 0 Å². The Morgan fingerprint density at radius 1 is 1.36 bits per heavy atom. The molecule has 0 heterocycles. The minimum absolute atomic E-state index is 0.274. The SMILES string of the molecule is CC(C)CC(C)[S+]=P(O)(O)S. The predicted octanol–water partition coefficient (Wildman–Crippen LogP) is 2.10. The smallest absolute Gasteiger partial charge is 0.304 e. The highest BCUT2D eigenvalue weighted by molar-refractivity contribution is 8.62. The summed E-state index contributed by atoms with van der Waals surface area (Å²) in [7, 11) is 1.17. The standard InChI is InChI=1S/C6H16O2PS2/c1-5(2)4-6(3)11-9(7,8)10/h5-8,10H,4H2,1-3H3/q+1. The summed E-state index contributed by atoms with van der Waals surface area (Å²) in [5, 5.41) is 0.274. The monoisotopic (exact) mass is 215 g/mol. The highest BCUT2D eigenvalue weighted by Gasteiger charge is 2.22. The van der Waals surface area contributed by atoms with Crippen LogP contribution in [-0.4, -0.2) is 15.0 Å². The molecular weight excluding hydrogens is 199 g/mol. The zero-order valence-electron chi connectivity index (χ0n) is 7.06. The van der Waals surface area contributed by atoms with Gasteiger partial charge in [0.1, 0.15) is 0 Å². The maximum absolute atomic E-state index is 8.99. The van der Waals surface area contributed by atoms with Gasteiger partial charge in [-0.3, -0.25) is 0 Å². The Morgan fingerprint density at radius 2 is 1.82 bits per heavy atom. The summed E-state index contributed by atoms with van der Waals surface area (Å²) in [4.78, 5) is 18.0. The van der Waals surface area contributed by atoms with Crippen molar-refractivity contribution >= 4 is 28.9 Å². The first kappa shape index (κ1) is 11.9. The number of thiol groups is 1. The van der Waals surface area contributed by atoms with Crippen molar-refractivity contribution in [3.63, 3.8) is 0 Å². The largest absolute Gasteiger partial charge is 0.427 e. The molecule has 0 saturated carbocycles. The molecule has 0 fully saturated rings. The normalized spacial score (nSPS) is 15.2. The van der Waals surface area contributed by atoms with E-state index in [1.165, 1.54) is 10.9 Å². The van der Waals surface area contributed by atoms with Crippen LogP contribution in [0.25, 0.3) is 0 Å². The molecule has 0 bridgehead atoms. The van der Waals surface area contributed by atoms with Gasteiger partial charge in [0.2, 0.25) is 10.9 Å². The third-order valence-electron chi connectivity index (χ3n) is 1.12. The number of hydrogen-bond donors (Lipinski definition) is 3. The molecule has 0 aliphatic heterocycles. The molecular formula is C6H16O2PS2+. The molecule has 68 valence electrons. The van der Waals surface area contributed by atoms with E-state index < -0.39 is 5.69 Å². The molecule has 0 aromatic rings. The van der Waals surface area contributed by atoms with E-state index in [-0.39, 0.29) is 5.25 Å². The molecule has 11 heavy (non-hydrogen) atoms. The Labute approximate surface area is 77.3 Å². The Morgan fingerprint density at radius 3 is 2.09 bits per heavy atom. The van der Waals surface area contributed by atoms with Crippen LogP contribution in [0, 0.1) is 5.92 Å². The van der Waals surface area contributed by atoms with Crippen LogP contribution in [0.1, 0.15) is 27.2 Å². The van der Waals surface area contributed by atoms with Gasteiger partial charge in [0.25, 0.3) is 0 Å². The second kappa shape index (κ2) is 4.83. The first-order chi connectivity index (χ1) is 4.81. The third kappa shape index (κ3) is 8.83. The quantitative estimate of drug-likeness (QED) is 0.383. The summed E-state index contributed by atoms with van der Waals surface area (Å²) >= 11 is 3.70. The molecule has 0 aromatic heterocycles. The van der Waals surface area contributed by atoms with E-state index in [1.807, 2.05) is 6.92 Å². The van der Waals surface area contributed by atoms with Gasteiger partial charge in [-0.2, -0.15) is 0 Å². The second-order valence-electron chi connectivity index (χ2n) is 3.06. The van der Waals surface area contributed by atoms with Crippen molar-refractivity contribution < 1.29 is 9.79 Å². The maximum Gasteiger partial charge on any atom is 0.427 e. The molecule has 2 N–H and O–H groups in total. The zero-order valence-corrected chi connectivity index (χ0v) is 9.66. The Kier molecular flexibility index (Phi) is 5.23. The lowest BCUT2D eigenvalue weighted by Gasteiger charge is -2.01. The van der Waals surface area contributed by atoms with Crippen molar-refractivity contribution in [2.45, 2.75) is 32.4 Å². The molecule has 5 heteroatoms. The van der Waals surface area contributed by atoms with Crippen LogP contribution in [0.5, 0.6) is 0 Å². The van der Waals surface area contributed by atoms with Gasteiger partial charge in [0.05, 0.1) is 0 Å². The lowest BCUT2D eigenvalue weighted by atomic mass is 10.1. The van der Waals surface area contributed by atoms with E-state index in [9.17, 15) is 0 Å². The molecule has 0 spiro atoms. The fraction of sp³-hybridized carbons (Fsp3) is 1.00. The van der Waals surface area contributed by atoms with E-state index in [0.29, 0.717) is 5.92 Å². The van der Waals surface area contributed by atoms with Crippen LogP contribution >= 0.6 is 17.9 Å². The van der Waals surface area contributed by atoms with Crippen LogP contribution < -0.4 is 0 Å². The summed E-state index contributed by atoms with van der Waals surface area (Å²) in [5.74, 6) is 0.595. The summed E-state index contributed by atoms with van der Waals surface area (Å²) in [6, 6.07) is 0. The van der Waals surface area contributed by atoms with Crippen molar-refractivity contribution in [3.8, 4) is 0 Å². The molecule has 0 amide bonds. The highest BCUT2D eigenvalue weighted by Crippen LogP contribution is 2.44. The molecule has 1 unspecified atom stereocenters. The average molecular weight is 215 g/mol. The van der Waals surface area contributed by atoms with Gasteiger partial charge < -0.3 is 9.79 Å². The first-order valence-corrected chi connectivity index (χ1v) is 7.90. The van der Waals surface area contributed by atoms with Crippen molar-refractivity contribution in [2.75, 3.05) is 0 Å². The van der Waals surface area contributed by atoms with Crippen molar-refractivity contribution in [1.29, 1.82) is 0 Å². The maximum atomic E-state index is 8.99. The van der Waals surface area contributed by atoms with Crippen LogP contribution in [0.15, 0.2) is 0 Å². The summed E-state index contributed by atoms with van der Waals surface area (Å²) in [5.41, 5.74) is -2.92. The summed E-state index contributed by atoms with van der Waals surface area (Å²) in [6.07, 6.45) is 0.994. The van der Waals surface area contributed by atoms with Crippen LogP contribution in [0.4, 0.5) is 0 Å². The number of hydrogen-bond acceptors (Lipinski definition) is 0. The summed E-state index contributed by atoms with van der Waals surface area (Å²) in [6.45, 7) is 6.22. The van der Waals surface area contributed by atoms with E-state index in [4.69, 9.17) is 9.79 Å². The Balaban J connectivity index is 3.97. The molecule has 0 aliphatic rings. The molecule has 0 saturated heterocycles. The van der Waals surface area contributed by atoms with Crippen LogP contribution in [0.3, 0.4) is 0 Å². The van der Waals surface area contributed by atoms with Crippen molar-refractivity contribution in [1.82, 2.24) is 0 Å². The second-order valence-corrected chi connectivity index (χ2v) is 9.75. The first-order valence-electron chi connectivity index (χ1n) is 3.57. The lowest BCUT2D eigenvalue weighted by Crippen LogP contribution is -2.04. The third-order valence-corrected chi connectivity index (χ3v) is 4.74. The highest BCUT2D eigenvalue weighted by atomic mass is 32.9. The Bertz CT molecular complexity index is 156. The van der Waals surface area contributed by atoms with Crippen LogP contribution in [0.2, 0.25) is 0 Å². The van der Waals surface area contributed by atoms with E-state index in [1.54, 1.807) is 0 Å². The van der Waals surface area contributed by atoms with Gasteiger partial charge in [0, 0.05) is 6.42 Å². The fourth-order valence-electron chi connectivity index (χ4n) is 0.948. The van der Waals surface area contributed by atoms with E-state index in [0.717, 1.165) is 6.42 Å². The predicted molar refractivity (Wildman–Crippen MR) is 56.6 cm³/mol. The molecule has 1 atom stereocenters. The minimum atomic E-state index is -2.92. The van der Waals surface area contributed by atoms with Gasteiger partial charge in [-0.25, -0.2) is 0 Å². The van der Waals surface area contributed by atoms with Crippen molar-refractivity contribution in [3.05, 3.63) is 0 Å². The number of rotatable bonds is 3. The van der Waals surface area contributed by atoms with Gasteiger partial charge in [-0.05, 0) is 25.1 Å². The lowest BCUT2D eigenvalue weighted by molar-refractivity contribution is 0.502.